The maximum atomic E-state index is 12.8. The molecule has 7 nitrogen and oxygen atoms in total. The summed E-state index contributed by atoms with van der Waals surface area (Å²) in [7, 11) is 0. The van der Waals surface area contributed by atoms with Crippen molar-refractivity contribution in [3.05, 3.63) is 48.0 Å². The number of imidazole rings is 1. The predicted octanol–water partition coefficient (Wildman–Crippen LogP) is 2.89. The van der Waals surface area contributed by atoms with Gasteiger partial charge in [0.15, 0.2) is 0 Å². The Bertz CT molecular complexity index is 788. The number of urea groups is 1. The van der Waals surface area contributed by atoms with Crippen LogP contribution < -0.4 is 10.6 Å². The van der Waals surface area contributed by atoms with Gasteiger partial charge < -0.3 is 20.1 Å². The summed E-state index contributed by atoms with van der Waals surface area (Å²) in [5.74, 6) is 0.297. The minimum absolute atomic E-state index is 0.110. The van der Waals surface area contributed by atoms with Gasteiger partial charge in [0.05, 0.1) is 6.33 Å². The molecule has 3 amide bonds. The van der Waals surface area contributed by atoms with E-state index < -0.39 is 0 Å². The number of carbonyl (C=O) groups is 2. The normalized spacial score (nSPS) is 16.8. The van der Waals surface area contributed by atoms with Gasteiger partial charge in [0.25, 0.3) is 5.91 Å². The van der Waals surface area contributed by atoms with Crippen LogP contribution in [-0.2, 0) is 6.54 Å². The summed E-state index contributed by atoms with van der Waals surface area (Å²) >= 11 is 0. The lowest BCUT2D eigenvalue weighted by Gasteiger charge is -2.33. The zero-order valence-electron chi connectivity index (χ0n) is 15.9. The quantitative estimate of drug-likeness (QED) is 0.850. The molecule has 0 radical (unpaired) electrons. The first-order valence-corrected chi connectivity index (χ1v) is 9.48. The van der Waals surface area contributed by atoms with Crippen LogP contribution in [0.25, 0.3) is 0 Å². The van der Waals surface area contributed by atoms with Crippen LogP contribution >= 0.6 is 0 Å². The number of rotatable bonds is 5. The molecule has 2 aromatic rings. The molecule has 0 saturated carbocycles. The SMILES string of the molecule is CCNC(=O)c1cccc(NC(=O)N2CCC[C@H](Cn3ccnc3)C2)c1C. The maximum Gasteiger partial charge on any atom is 0.321 e. The summed E-state index contributed by atoms with van der Waals surface area (Å²) < 4.78 is 2.06. The number of hydrogen-bond donors (Lipinski definition) is 2. The van der Waals surface area contributed by atoms with Crippen molar-refractivity contribution in [3.63, 3.8) is 0 Å². The molecule has 1 saturated heterocycles. The molecular formula is C20H27N5O2. The minimum Gasteiger partial charge on any atom is -0.352 e. The number of hydrogen-bond acceptors (Lipinski definition) is 3. The van der Waals surface area contributed by atoms with Crippen molar-refractivity contribution in [1.82, 2.24) is 19.8 Å². The van der Waals surface area contributed by atoms with Crippen LogP contribution in [0.1, 0.15) is 35.7 Å². The van der Waals surface area contributed by atoms with Gasteiger partial charge in [0, 0.05) is 49.8 Å². The van der Waals surface area contributed by atoms with E-state index in [-0.39, 0.29) is 11.9 Å². The van der Waals surface area contributed by atoms with Crippen LogP contribution in [0.2, 0.25) is 0 Å². The highest BCUT2D eigenvalue weighted by atomic mass is 16.2. The van der Waals surface area contributed by atoms with Crippen LogP contribution in [0.15, 0.2) is 36.9 Å². The second-order valence-corrected chi connectivity index (χ2v) is 6.98. The topological polar surface area (TPSA) is 79.3 Å². The Hall–Kier alpha value is -2.83. The standard InChI is InChI=1S/C20H27N5O2/c1-3-22-19(26)17-7-4-8-18(15(17)2)23-20(27)25-10-5-6-16(13-25)12-24-11-9-21-14-24/h4,7-9,11,14,16H,3,5-6,10,12-13H2,1-2H3,(H,22,26)(H,23,27)/t16-/m1/s1. The number of anilines is 1. The summed E-state index contributed by atoms with van der Waals surface area (Å²) in [4.78, 5) is 30.9. The summed E-state index contributed by atoms with van der Waals surface area (Å²) in [6.45, 7) is 6.66. The van der Waals surface area contributed by atoms with Gasteiger partial charge in [-0.2, -0.15) is 0 Å². The lowest BCUT2D eigenvalue weighted by molar-refractivity contribution is 0.0955. The minimum atomic E-state index is -0.121. The van der Waals surface area contributed by atoms with Crippen molar-refractivity contribution in [2.24, 2.45) is 5.92 Å². The van der Waals surface area contributed by atoms with Gasteiger partial charge in [0.1, 0.15) is 0 Å². The number of nitrogens with zero attached hydrogens (tertiary/aromatic N) is 3. The van der Waals surface area contributed by atoms with E-state index in [1.165, 1.54) is 0 Å². The zero-order valence-corrected chi connectivity index (χ0v) is 15.9. The van der Waals surface area contributed by atoms with Gasteiger partial charge in [-0.05, 0) is 50.3 Å². The molecule has 1 atom stereocenters. The Labute approximate surface area is 159 Å². The lowest BCUT2D eigenvalue weighted by Crippen LogP contribution is -2.43. The molecule has 1 aliphatic rings. The molecule has 0 unspecified atom stereocenters. The van der Waals surface area contributed by atoms with Crippen molar-refractivity contribution >= 4 is 17.6 Å². The molecule has 0 bridgehead atoms. The first-order valence-electron chi connectivity index (χ1n) is 9.48. The van der Waals surface area contributed by atoms with Crippen molar-refractivity contribution < 1.29 is 9.59 Å². The summed E-state index contributed by atoms with van der Waals surface area (Å²) in [6, 6.07) is 5.30. The second kappa shape index (κ2) is 8.70. The summed E-state index contributed by atoms with van der Waals surface area (Å²) in [5, 5.41) is 5.79. The molecule has 1 aromatic heterocycles. The first-order chi connectivity index (χ1) is 13.1. The lowest BCUT2D eigenvalue weighted by atomic mass is 9.98. The smallest absolute Gasteiger partial charge is 0.321 e. The van der Waals surface area contributed by atoms with E-state index >= 15 is 0 Å². The third-order valence-corrected chi connectivity index (χ3v) is 4.99. The Morgan fingerprint density at radius 1 is 1.33 bits per heavy atom. The van der Waals surface area contributed by atoms with E-state index in [1.54, 1.807) is 18.3 Å². The number of aromatic nitrogens is 2. The highest BCUT2D eigenvalue weighted by Gasteiger charge is 2.24. The maximum absolute atomic E-state index is 12.8. The van der Waals surface area contributed by atoms with E-state index in [1.807, 2.05) is 37.3 Å². The number of likely N-dealkylation sites (tertiary alicyclic amines) is 1. The van der Waals surface area contributed by atoms with Crippen molar-refractivity contribution in [2.75, 3.05) is 25.0 Å². The summed E-state index contributed by atoms with van der Waals surface area (Å²) in [5.41, 5.74) is 2.05. The van der Waals surface area contributed by atoms with Crippen LogP contribution in [0.3, 0.4) is 0 Å². The largest absolute Gasteiger partial charge is 0.352 e. The third kappa shape index (κ3) is 4.67. The van der Waals surface area contributed by atoms with E-state index in [9.17, 15) is 9.59 Å². The fourth-order valence-corrected chi connectivity index (χ4v) is 3.56. The molecule has 144 valence electrons. The number of nitrogens with one attached hydrogen (secondary N) is 2. The zero-order chi connectivity index (χ0) is 19.2. The number of amides is 3. The van der Waals surface area contributed by atoms with Gasteiger partial charge in [-0.25, -0.2) is 9.78 Å². The molecule has 27 heavy (non-hydrogen) atoms. The van der Waals surface area contributed by atoms with E-state index in [4.69, 9.17) is 0 Å². The predicted molar refractivity (Wildman–Crippen MR) is 105 cm³/mol. The number of benzene rings is 1. The molecule has 0 aliphatic carbocycles. The Morgan fingerprint density at radius 3 is 2.93 bits per heavy atom. The second-order valence-electron chi connectivity index (χ2n) is 6.98. The van der Waals surface area contributed by atoms with Gasteiger partial charge in [-0.15, -0.1) is 0 Å². The average molecular weight is 369 g/mol. The molecule has 2 N–H and O–H groups in total. The molecular weight excluding hydrogens is 342 g/mol. The van der Waals surface area contributed by atoms with Crippen LogP contribution in [0.5, 0.6) is 0 Å². The van der Waals surface area contributed by atoms with Crippen LogP contribution in [0.4, 0.5) is 10.5 Å². The molecule has 1 fully saturated rings. The van der Waals surface area contributed by atoms with Crippen molar-refractivity contribution in [2.45, 2.75) is 33.2 Å². The fraction of sp³-hybridized carbons (Fsp3) is 0.450. The molecule has 1 aromatic carbocycles. The first kappa shape index (κ1) is 18.9. The van der Waals surface area contributed by atoms with Crippen molar-refractivity contribution in [1.29, 1.82) is 0 Å². The number of carbonyl (C=O) groups excluding carboxylic acids is 2. The van der Waals surface area contributed by atoms with Crippen LogP contribution in [0, 0.1) is 12.8 Å². The third-order valence-electron chi connectivity index (χ3n) is 4.99. The molecule has 2 heterocycles. The van der Waals surface area contributed by atoms with Crippen molar-refractivity contribution in [3.8, 4) is 0 Å². The molecule has 7 heteroatoms. The molecule has 0 spiro atoms. The van der Waals surface area contributed by atoms with Gasteiger partial charge in [-0.3, -0.25) is 4.79 Å². The Morgan fingerprint density at radius 2 is 2.19 bits per heavy atom. The summed E-state index contributed by atoms with van der Waals surface area (Å²) in [6.07, 6.45) is 7.64. The fourth-order valence-electron chi connectivity index (χ4n) is 3.56. The Kier molecular flexibility index (Phi) is 6.11. The van der Waals surface area contributed by atoms with Gasteiger partial charge >= 0.3 is 6.03 Å². The monoisotopic (exact) mass is 369 g/mol. The van der Waals surface area contributed by atoms with E-state index in [0.29, 0.717) is 23.7 Å². The molecule has 3 rings (SSSR count). The van der Waals surface area contributed by atoms with Crippen LogP contribution in [-0.4, -0.2) is 46.0 Å². The number of piperidine rings is 1. The van der Waals surface area contributed by atoms with E-state index in [0.717, 1.165) is 38.0 Å². The van der Waals surface area contributed by atoms with Gasteiger partial charge in [-0.1, -0.05) is 6.07 Å². The van der Waals surface area contributed by atoms with E-state index in [2.05, 4.69) is 20.2 Å². The highest BCUT2D eigenvalue weighted by Crippen LogP contribution is 2.22. The molecule has 1 aliphatic heterocycles. The highest BCUT2D eigenvalue weighted by molar-refractivity contribution is 5.99. The average Bonchev–Trinajstić information content (AvgIpc) is 3.17. The Balaban J connectivity index is 1.64. The van der Waals surface area contributed by atoms with Gasteiger partial charge in [0.2, 0.25) is 0 Å².